The van der Waals surface area contributed by atoms with Gasteiger partial charge in [-0.1, -0.05) is 0 Å². The molecule has 13 heavy (non-hydrogen) atoms. The molecule has 4 nitrogen and oxygen atoms in total. The van der Waals surface area contributed by atoms with Gasteiger partial charge in [0.25, 0.3) is 0 Å². The zero-order valence-corrected chi connectivity index (χ0v) is 10.1. The van der Waals surface area contributed by atoms with E-state index in [1.165, 1.54) is 24.3 Å². The Morgan fingerprint density at radius 1 is 0.923 bits per heavy atom. The normalized spacial score (nSPS) is 8.62. The van der Waals surface area contributed by atoms with Gasteiger partial charge in [0.2, 0.25) is 0 Å². The summed E-state index contributed by atoms with van der Waals surface area (Å²) in [4.78, 5) is 20.7. The third kappa shape index (κ3) is 3.57. The fourth-order valence-corrected chi connectivity index (χ4v) is 0.755. The van der Waals surface area contributed by atoms with Gasteiger partial charge in [-0.15, -0.1) is 0 Å². The van der Waals surface area contributed by atoms with Gasteiger partial charge in [-0.3, -0.25) is 0 Å². The van der Waals surface area contributed by atoms with E-state index >= 15 is 0 Å². The van der Waals surface area contributed by atoms with Gasteiger partial charge >= 0.3 is 66.2 Å². The van der Waals surface area contributed by atoms with Crippen molar-refractivity contribution in [3.8, 4) is 0 Å². The summed E-state index contributed by atoms with van der Waals surface area (Å²) < 4.78 is 0. The standard InChI is InChI=1S/C8H6O4.K/c9-7(10)5-1-2-6(4-3-5)8(11)12;/h1-4H,(H,9,10)(H,11,12);/q;+1/p+2. The van der Waals surface area contributed by atoms with Crippen molar-refractivity contribution in [2.24, 2.45) is 0 Å². The number of aromatic carboxylic acids is 2. The first kappa shape index (κ1) is 12.8. The Hall–Kier alpha value is -0.204. The monoisotopic (exact) mass is 207 g/mol. The van der Waals surface area contributed by atoms with Crippen LogP contribution in [0.4, 0.5) is 0 Å². The molecule has 0 bridgehead atoms. The van der Waals surface area contributed by atoms with E-state index < -0.39 is 11.9 Å². The number of hydrogen-bond acceptors (Lipinski definition) is 2. The summed E-state index contributed by atoms with van der Waals surface area (Å²) in [6.07, 6.45) is 0. The molecule has 0 radical (unpaired) electrons. The molecule has 62 valence electrons. The van der Waals surface area contributed by atoms with Crippen LogP contribution in [0, 0.1) is 0 Å². The number of carbonyl (C=O) groups is 2. The van der Waals surface area contributed by atoms with E-state index in [-0.39, 0.29) is 65.4 Å². The molecule has 0 aliphatic rings. The number of carboxylic acid groups (broad SMARTS) is 2. The number of benzene rings is 1. The summed E-state index contributed by atoms with van der Waals surface area (Å²) in [6.45, 7) is 0. The van der Waals surface area contributed by atoms with E-state index in [4.69, 9.17) is 10.2 Å². The van der Waals surface area contributed by atoms with Gasteiger partial charge in [0.15, 0.2) is 0 Å². The third-order valence-corrected chi connectivity index (χ3v) is 1.38. The molecule has 1 rings (SSSR count). The second-order valence-electron chi connectivity index (χ2n) is 2.19. The minimum Gasteiger partial charge on any atom is -0.478 e. The summed E-state index contributed by atoms with van der Waals surface area (Å²) >= 11 is 0. The van der Waals surface area contributed by atoms with Gasteiger partial charge < -0.3 is 10.2 Å². The summed E-state index contributed by atoms with van der Waals surface area (Å²) in [5.74, 6) is -2.13. The van der Waals surface area contributed by atoms with Gasteiger partial charge in [0.05, 0.1) is 11.1 Å². The van der Waals surface area contributed by atoms with Gasteiger partial charge in [-0.2, -0.15) is 0 Å². The van der Waals surface area contributed by atoms with Crippen LogP contribution < -0.4 is 51.4 Å². The largest absolute Gasteiger partial charge is 1.00 e. The SMILES string of the molecule is O=C(O)c1ccc(C(=O)O)cc1.[H+].[H+].[K+]. The second-order valence-corrected chi connectivity index (χ2v) is 2.19. The summed E-state index contributed by atoms with van der Waals surface area (Å²) in [7, 11) is 0. The molecule has 0 aliphatic carbocycles. The molecule has 0 heterocycles. The number of hydrogen-bond donors (Lipinski definition) is 2. The Morgan fingerprint density at radius 2 is 1.15 bits per heavy atom. The van der Waals surface area contributed by atoms with Crippen molar-refractivity contribution < 1.29 is 74.0 Å². The van der Waals surface area contributed by atoms with Crippen LogP contribution in [0.25, 0.3) is 0 Å². The molecule has 1 aromatic carbocycles. The molecule has 0 aromatic heterocycles. The minimum absolute atomic E-state index is 0. The summed E-state index contributed by atoms with van der Waals surface area (Å²) in [6, 6.07) is 5.02. The van der Waals surface area contributed by atoms with Crippen LogP contribution in [0.2, 0.25) is 0 Å². The van der Waals surface area contributed by atoms with Crippen molar-refractivity contribution in [2.45, 2.75) is 0 Å². The predicted octanol–water partition coefficient (Wildman–Crippen LogP) is -1.69. The Morgan fingerprint density at radius 3 is 1.31 bits per heavy atom. The molecule has 0 aliphatic heterocycles. The van der Waals surface area contributed by atoms with Crippen LogP contribution in [-0.2, 0) is 0 Å². The molecular weight excluding hydrogens is 199 g/mol. The average molecular weight is 207 g/mol. The molecule has 0 fully saturated rings. The third-order valence-electron chi connectivity index (χ3n) is 1.38. The molecule has 1 aromatic rings. The van der Waals surface area contributed by atoms with Crippen molar-refractivity contribution >= 4 is 11.9 Å². The maximum atomic E-state index is 10.3. The quantitative estimate of drug-likeness (QED) is 0.568. The zero-order valence-electron chi connectivity index (χ0n) is 9.02. The van der Waals surface area contributed by atoms with Crippen LogP contribution in [0.5, 0.6) is 0 Å². The van der Waals surface area contributed by atoms with Crippen molar-refractivity contribution in [3.05, 3.63) is 35.4 Å². The zero-order chi connectivity index (χ0) is 9.14. The van der Waals surface area contributed by atoms with E-state index in [9.17, 15) is 9.59 Å². The van der Waals surface area contributed by atoms with E-state index in [1.807, 2.05) is 0 Å². The van der Waals surface area contributed by atoms with Gasteiger partial charge in [-0.05, 0) is 24.3 Å². The van der Waals surface area contributed by atoms with E-state index in [0.717, 1.165) is 0 Å². The predicted molar refractivity (Wildman–Crippen MR) is 42.6 cm³/mol. The van der Waals surface area contributed by atoms with Gasteiger partial charge in [-0.25, -0.2) is 9.59 Å². The van der Waals surface area contributed by atoms with Crippen LogP contribution in [-0.4, -0.2) is 22.2 Å². The Bertz CT molecular complexity index is 293. The molecule has 0 unspecified atom stereocenters. The molecule has 0 saturated carbocycles. The number of rotatable bonds is 2. The second kappa shape index (κ2) is 5.51. The van der Waals surface area contributed by atoms with Crippen molar-refractivity contribution in [1.29, 1.82) is 0 Å². The molecular formula is C8H8KO4+3. The maximum Gasteiger partial charge on any atom is 1.00 e. The molecule has 5 heteroatoms. The van der Waals surface area contributed by atoms with E-state index in [1.54, 1.807) is 0 Å². The first-order valence-corrected chi connectivity index (χ1v) is 3.18. The van der Waals surface area contributed by atoms with Gasteiger partial charge in [0, 0.05) is 0 Å². The Kier molecular flexibility index (Phi) is 5.42. The first-order chi connectivity index (χ1) is 5.61. The summed E-state index contributed by atoms with van der Waals surface area (Å²) in [5.41, 5.74) is 0.167. The number of carboxylic acids is 2. The van der Waals surface area contributed by atoms with Crippen molar-refractivity contribution in [1.82, 2.24) is 0 Å². The van der Waals surface area contributed by atoms with Crippen LogP contribution in [0.15, 0.2) is 24.3 Å². The molecule has 0 saturated heterocycles. The Balaban J connectivity index is -0.000000480. The van der Waals surface area contributed by atoms with Crippen molar-refractivity contribution in [3.63, 3.8) is 0 Å². The van der Waals surface area contributed by atoms with Crippen LogP contribution in [0.3, 0.4) is 0 Å². The van der Waals surface area contributed by atoms with Crippen LogP contribution in [0.1, 0.15) is 23.6 Å². The molecule has 2 N–H and O–H groups in total. The summed E-state index contributed by atoms with van der Waals surface area (Å²) in [5, 5.41) is 16.9. The average Bonchev–Trinajstić information content (AvgIpc) is 2.04. The smallest absolute Gasteiger partial charge is 0.478 e. The fraction of sp³-hybridized carbons (Fsp3) is 0. The van der Waals surface area contributed by atoms with Gasteiger partial charge in [0.1, 0.15) is 0 Å². The Labute approximate surface area is 120 Å². The molecule has 0 atom stereocenters. The van der Waals surface area contributed by atoms with Crippen molar-refractivity contribution in [2.75, 3.05) is 0 Å². The van der Waals surface area contributed by atoms with Crippen LogP contribution >= 0.6 is 0 Å². The maximum absolute atomic E-state index is 10.3. The minimum atomic E-state index is -1.06. The molecule has 0 amide bonds. The van der Waals surface area contributed by atoms with E-state index in [0.29, 0.717) is 0 Å². The van der Waals surface area contributed by atoms with E-state index in [2.05, 4.69) is 0 Å². The fourth-order valence-electron chi connectivity index (χ4n) is 0.755. The topological polar surface area (TPSA) is 74.6 Å². The molecule has 0 spiro atoms. The first-order valence-electron chi connectivity index (χ1n) is 3.18.